The largest absolute Gasteiger partial charge is 0.376 e. The van der Waals surface area contributed by atoms with Gasteiger partial charge >= 0.3 is 0 Å². The third-order valence-electron chi connectivity index (χ3n) is 2.98. The molecule has 1 rings (SSSR count). The zero-order chi connectivity index (χ0) is 10.4. The highest BCUT2D eigenvalue weighted by Gasteiger charge is 2.20. The van der Waals surface area contributed by atoms with Gasteiger partial charge in [0.05, 0.1) is 6.10 Å². The molecule has 0 saturated heterocycles. The predicted octanol–water partition coefficient (Wildman–Crippen LogP) is 1.08. The summed E-state index contributed by atoms with van der Waals surface area (Å²) in [6.07, 6.45) is 4.45. The lowest BCUT2D eigenvalue weighted by molar-refractivity contribution is 0.0387. The van der Waals surface area contributed by atoms with Gasteiger partial charge in [0.15, 0.2) is 0 Å². The zero-order valence-electron chi connectivity index (χ0n) is 9.54. The Bertz CT molecular complexity index is 148. The van der Waals surface area contributed by atoms with Gasteiger partial charge in [0.1, 0.15) is 0 Å². The van der Waals surface area contributed by atoms with E-state index in [0.29, 0.717) is 6.54 Å². The average Bonchev–Trinajstić information content (AvgIpc) is 2.11. The summed E-state index contributed by atoms with van der Waals surface area (Å²) >= 11 is 0. The molecule has 1 unspecified atom stereocenters. The van der Waals surface area contributed by atoms with Crippen LogP contribution in [0.2, 0.25) is 0 Å². The van der Waals surface area contributed by atoms with E-state index in [2.05, 4.69) is 11.9 Å². The molecule has 0 aromatic carbocycles. The quantitative estimate of drug-likeness (QED) is 0.668. The number of rotatable bonds is 7. The SMILES string of the molecule is CCOC(CN)CN(C)CC1CCC1. The van der Waals surface area contributed by atoms with E-state index in [4.69, 9.17) is 10.5 Å². The number of likely N-dealkylation sites (N-methyl/N-ethyl adjacent to an activating group) is 1. The molecule has 14 heavy (non-hydrogen) atoms. The molecule has 0 radical (unpaired) electrons. The van der Waals surface area contributed by atoms with Crippen molar-refractivity contribution in [1.29, 1.82) is 0 Å². The maximum Gasteiger partial charge on any atom is 0.0823 e. The molecule has 3 nitrogen and oxygen atoms in total. The first kappa shape index (κ1) is 12.0. The van der Waals surface area contributed by atoms with Crippen LogP contribution in [0, 0.1) is 5.92 Å². The number of hydrogen-bond donors (Lipinski definition) is 1. The van der Waals surface area contributed by atoms with Gasteiger partial charge in [-0.05, 0) is 32.7 Å². The molecule has 3 heteroatoms. The molecule has 0 bridgehead atoms. The van der Waals surface area contributed by atoms with Crippen molar-refractivity contribution in [2.75, 3.05) is 33.3 Å². The molecular formula is C11H24N2O. The fourth-order valence-corrected chi connectivity index (χ4v) is 1.97. The summed E-state index contributed by atoms with van der Waals surface area (Å²) in [6.45, 7) is 5.60. The third kappa shape index (κ3) is 3.95. The van der Waals surface area contributed by atoms with Crippen molar-refractivity contribution >= 4 is 0 Å². The minimum Gasteiger partial charge on any atom is -0.376 e. The van der Waals surface area contributed by atoms with Crippen LogP contribution >= 0.6 is 0 Å². The topological polar surface area (TPSA) is 38.5 Å². The minimum atomic E-state index is 0.213. The lowest BCUT2D eigenvalue weighted by Gasteiger charge is -2.31. The van der Waals surface area contributed by atoms with Crippen LogP contribution in [-0.2, 0) is 4.74 Å². The molecule has 1 atom stereocenters. The lowest BCUT2D eigenvalue weighted by Crippen LogP contribution is -2.39. The second kappa shape index (κ2) is 6.38. The Labute approximate surface area is 87.6 Å². The number of nitrogens with two attached hydrogens (primary N) is 1. The van der Waals surface area contributed by atoms with Crippen LogP contribution in [-0.4, -0.2) is 44.3 Å². The Balaban J connectivity index is 2.12. The van der Waals surface area contributed by atoms with Crippen molar-refractivity contribution in [3.63, 3.8) is 0 Å². The Morgan fingerprint density at radius 2 is 2.21 bits per heavy atom. The van der Waals surface area contributed by atoms with Crippen molar-refractivity contribution in [3.8, 4) is 0 Å². The molecule has 1 fully saturated rings. The molecule has 1 aliphatic carbocycles. The maximum absolute atomic E-state index is 5.63. The average molecular weight is 200 g/mol. The van der Waals surface area contributed by atoms with Crippen LogP contribution < -0.4 is 5.73 Å². The normalized spacial score (nSPS) is 19.7. The van der Waals surface area contributed by atoms with Gasteiger partial charge in [-0.3, -0.25) is 0 Å². The fraction of sp³-hybridized carbons (Fsp3) is 1.00. The number of hydrogen-bond acceptors (Lipinski definition) is 3. The highest BCUT2D eigenvalue weighted by atomic mass is 16.5. The smallest absolute Gasteiger partial charge is 0.0823 e. The van der Waals surface area contributed by atoms with Crippen LogP contribution in [0.25, 0.3) is 0 Å². The highest BCUT2D eigenvalue weighted by molar-refractivity contribution is 4.74. The summed E-state index contributed by atoms with van der Waals surface area (Å²) in [4.78, 5) is 2.36. The predicted molar refractivity (Wildman–Crippen MR) is 59.3 cm³/mol. The van der Waals surface area contributed by atoms with Gasteiger partial charge in [0.2, 0.25) is 0 Å². The van der Waals surface area contributed by atoms with Crippen molar-refractivity contribution in [2.45, 2.75) is 32.3 Å². The van der Waals surface area contributed by atoms with Gasteiger partial charge in [0.25, 0.3) is 0 Å². The van der Waals surface area contributed by atoms with E-state index in [9.17, 15) is 0 Å². The van der Waals surface area contributed by atoms with Crippen molar-refractivity contribution in [2.24, 2.45) is 11.7 Å². The van der Waals surface area contributed by atoms with E-state index in [0.717, 1.165) is 19.1 Å². The standard InChI is InChI=1S/C11H24N2O/c1-3-14-11(7-12)9-13(2)8-10-5-4-6-10/h10-11H,3-9,12H2,1-2H3. The first-order valence-corrected chi connectivity index (χ1v) is 5.76. The van der Waals surface area contributed by atoms with Crippen molar-refractivity contribution in [1.82, 2.24) is 4.90 Å². The van der Waals surface area contributed by atoms with Gasteiger partial charge in [0, 0.05) is 26.2 Å². The summed E-state index contributed by atoms with van der Waals surface area (Å²) < 4.78 is 5.53. The van der Waals surface area contributed by atoms with Crippen molar-refractivity contribution in [3.05, 3.63) is 0 Å². The zero-order valence-corrected chi connectivity index (χ0v) is 9.54. The van der Waals surface area contributed by atoms with Crippen LogP contribution in [0.4, 0.5) is 0 Å². The van der Waals surface area contributed by atoms with E-state index in [1.54, 1.807) is 0 Å². The first-order chi connectivity index (χ1) is 6.76. The molecule has 1 saturated carbocycles. The molecule has 2 N–H and O–H groups in total. The summed E-state index contributed by atoms with van der Waals surface area (Å²) in [5, 5.41) is 0. The van der Waals surface area contributed by atoms with Gasteiger partial charge < -0.3 is 15.4 Å². The van der Waals surface area contributed by atoms with Gasteiger partial charge in [-0.2, -0.15) is 0 Å². The molecule has 84 valence electrons. The monoisotopic (exact) mass is 200 g/mol. The molecule has 0 aromatic heterocycles. The molecule has 0 aliphatic heterocycles. The molecule has 0 heterocycles. The van der Waals surface area contributed by atoms with Crippen molar-refractivity contribution < 1.29 is 4.74 Å². The first-order valence-electron chi connectivity index (χ1n) is 5.76. The van der Waals surface area contributed by atoms with E-state index < -0.39 is 0 Å². The van der Waals surface area contributed by atoms with Crippen LogP contribution in [0.15, 0.2) is 0 Å². The molecule has 1 aliphatic rings. The van der Waals surface area contributed by atoms with E-state index in [1.807, 2.05) is 6.92 Å². The third-order valence-corrected chi connectivity index (χ3v) is 2.98. The van der Waals surface area contributed by atoms with E-state index in [-0.39, 0.29) is 6.10 Å². The second-order valence-electron chi connectivity index (χ2n) is 4.33. The molecular weight excluding hydrogens is 176 g/mol. The van der Waals surface area contributed by atoms with E-state index >= 15 is 0 Å². The summed E-state index contributed by atoms with van der Waals surface area (Å²) in [7, 11) is 2.17. The fourth-order valence-electron chi connectivity index (χ4n) is 1.97. The van der Waals surface area contributed by atoms with Crippen LogP contribution in [0.1, 0.15) is 26.2 Å². The Morgan fingerprint density at radius 1 is 1.50 bits per heavy atom. The summed E-state index contributed by atoms with van der Waals surface area (Å²) in [6, 6.07) is 0. The van der Waals surface area contributed by atoms with Crippen LogP contribution in [0.3, 0.4) is 0 Å². The van der Waals surface area contributed by atoms with E-state index in [1.165, 1.54) is 25.8 Å². The molecule has 0 aromatic rings. The van der Waals surface area contributed by atoms with Gasteiger partial charge in [-0.25, -0.2) is 0 Å². The van der Waals surface area contributed by atoms with Crippen LogP contribution in [0.5, 0.6) is 0 Å². The molecule has 0 spiro atoms. The summed E-state index contributed by atoms with van der Waals surface area (Å²) in [5.74, 6) is 0.931. The molecule has 0 amide bonds. The Morgan fingerprint density at radius 3 is 2.64 bits per heavy atom. The Kier molecular flexibility index (Phi) is 5.45. The minimum absolute atomic E-state index is 0.213. The number of nitrogens with zero attached hydrogens (tertiary/aromatic N) is 1. The maximum atomic E-state index is 5.63. The Hall–Kier alpha value is -0.120. The summed E-state index contributed by atoms with van der Waals surface area (Å²) in [5.41, 5.74) is 5.63. The van der Waals surface area contributed by atoms with Gasteiger partial charge in [-0.15, -0.1) is 0 Å². The number of ether oxygens (including phenoxy) is 1. The second-order valence-corrected chi connectivity index (χ2v) is 4.33. The van der Waals surface area contributed by atoms with Gasteiger partial charge in [-0.1, -0.05) is 6.42 Å². The highest BCUT2D eigenvalue weighted by Crippen LogP contribution is 2.26. The lowest BCUT2D eigenvalue weighted by atomic mass is 9.85.